The van der Waals surface area contributed by atoms with Crippen LogP contribution >= 0.6 is 0 Å². The molecule has 0 aromatic carbocycles. The number of aliphatic carboxylic acids is 1. The molecule has 0 heterocycles. The predicted octanol–water partition coefficient (Wildman–Crippen LogP) is 3.19. The van der Waals surface area contributed by atoms with Crippen LogP contribution in [0.2, 0.25) is 0 Å². The number of hydrogen-bond acceptors (Lipinski definition) is 1. The molecule has 0 saturated carbocycles. The molecule has 0 fully saturated rings. The van der Waals surface area contributed by atoms with Crippen LogP contribution in [-0.2, 0) is 4.79 Å². The Morgan fingerprint density at radius 2 is 1.33 bits per heavy atom. The van der Waals surface area contributed by atoms with Crippen LogP contribution in [0.4, 0.5) is 35.1 Å². The van der Waals surface area contributed by atoms with Gasteiger partial charge in [0.15, 0.2) is 0 Å². The largest absolute Gasteiger partial charge is 0.478 e. The van der Waals surface area contributed by atoms with Crippen LogP contribution in [0.5, 0.6) is 0 Å². The van der Waals surface area contributed by atoms with Gasteiger partial charge in [0.2, 0.25) is 0 Å². The Kier molecular flexibility index (Phi) is 4.06. The third-order valence-electron chi connectivity index (χ3n) is 1.80. The molecule has 0 radical (unpaired) electrons. The van der Waals surface area contributed by atoms with Gasteiger partial charge in [-0.1, -0.05) is 0 Å². The van der Waals surface area contributed by atoms with Crippen molar-refractivity contribution in [3.8, 4) is 0 Å². The molecule has 0 amide bonds. The van der Waals surface area contributed by atoms with E-state index in [2.05, 4.69) is 0 Å². The number of allylic oxidation sites excluding steroid dienone is 1. The second kappa shape index (κ2) is 4.39. The number of carboxylic acid groups (broad SMARTS) is 1. The monoisotopic (exact) mass is 286 g/mol. The Hall–Kier alpha value is -1.35. The number of alkyl halides is 8. The Morgan fingerprint density at radius 1 is 0.944 bits per heavy atom. The van der Waals surface area contributed by atoms with Crippen molar-refractivity contribution < 1.29 is 45.0 Å². The van der Waals surface area contributed by atoms with E-state index in [0.717, 1.165) is 0 Å². The van der Waals surface area contributed by atoms with Gasteiger partial charge in [-0.25, -0.2) is 4.79 Å². The summed E-state index contributed by atoms with van der Waals surface area (Å²) in [6.45, 7) is -0.655. The minimum atomic E-state index is -6.45. The zero-order chi connectivity index (χ0) is 15.0. The van der Waals surface area contributed by atoms with E-state index in [4.69, 9.17) is 5.11 Å². The summed E-state index contributed by atoms with van der Waals surface area (Å²) in [5.41, 5.74) is 0. The first kappa shape index (κ1) is 16.6. The van der Waals surface area contributed by atoms with Crippen LogP contribution in [0.15, 0.2) is 12.2 Å². The van der Waals surface area contributed by atoms with Gasteiger partial charge in [0.05, 0.1) is 0 Å². The molecule has 106 valence electrons. The molecule has 0 unspecified atom stereocenters. The van der Waals surface area contributed by atoms with Gasteiger partial charge < -0.3 is 5.11 Å². The molecular formula is C8H6F8O2. The van der Waals surface area contributed by atoms with Crippen LogP contribution < -0.4 is 0 Å². The van der Waals surface area contributed by atoms with Gasteiger partial charge in [-0.05, 0) is 6.08 Å². The van der Waals surface area contributed by atoms with Crippen LogP contribution in [0.25, 0.3) is 0 Å². The average molecular weight is 286 g/mol. The van der Waals surface area contributed by atoms with Crippen molar-refractivity contribution in [1.82, 2.24) is 0 Å². The number of hydrogen-bond donors (Lipinski definition) is 1. The lowest BCUT2D eigenvalue weighted by molar-refractivity contribution is -0.351. The quantitative estimate of drug-likeness (QED) is 0.622. The molecule has 10 heteroatoms. The second-order valence-electron chi connectivity index (χ2n) is 3.33. The summed E-state index contributed by atoms with van der Waals surface area (Å²) < 4.78 is 100. The second-order valence-corrected chi connectivity index (χ2v) is 3.33. The van der Waals surface area contributed by atoms with Gasteiger partial charge in [-0.2, -0.15) is 35.1 Å². The van der Waals surface area contributed by atoms with Gasteiger partial charge in [0, 0.05) is 13.0 Å². The summed E-state index contributed by atoms with van der Waals surface area (Å²) in [4.78, 5) is 9.82. The molecule has 0 spiro atoms. The van der Waals surface area contributed by atoms with Gasteiger partial charge >= 0.3 is 29.7 Å². The van der Waals surface area contributed by atoms with Crippen molar-refractivity contribution in [1.29, 1.82) is 0 Å². The zero-order valence-corrected chi connectivity index (χ0v) is 8.53. The maximum Gasteiger partial charge on any atom is 0.381 e. The topological polar surface area (TPSA) is 37.3 Å². The molecule has 0 saturated heterocycles. The predicted molar refractivity (Wildman–Crippen MR) is 42.2 cm³/mol. The summed E-state index contributed by atoms with van der Waals surface area (Å²) in [5, 5.41) is 7.90. The minimum Gasteiger partial charge on any atom is -0.478 e. The van der Waals surface area contributed by atoms with Gasteiger partial charge in [-0.15, -0.1) is 0 Å². The average Bonchev–Trinajstić information content (AvgIpc) is 2.12. The van der Waals surface area contributed by atoms with E-state index in [9.17, 15) is 39.9 Å². The molecule has 0 aromatic rings. The highest BCUT2D eigenvalue weighted by molar-refractivity contribution is 5.79. The molecule has 2 nitrogen and oxygen atoms in total. The maximum atomic E-state index is 12.7. The minimum absolute atomic E-state index is 0.544. The van der Waals surface area contributed by atoms with E-state index in [1.807, 2.05) is 0 Å². The Bertz CT molecular complexity index is 355. The van der Waals surface area contributed by atoms with Crippen LogP contribution in [0.3, 0.4) is 0 Å². The SMILES string of the molecule is CC(F)(F)C(F)(F)C(F)(F)C(F)(F)/C=C/C(=O)O. The Balaban J connectivity index is 5.57. The number of halogens is 8. The molecule has 0 bridgehead atoms. The van der Waals surface area contributed by atoms with E-state index < -0.39 is 48.7 Å². The third-order valence-corrected chi connectivity index (χ3v) is 1.80. The van der Waals surface area contributed by atoms with Crippen LogP contribution in [0.1, 0.15) is 6.92 Å². The fourth-order valence-electron chi connectivity index (χ4n) is 0.766. The molecule has 1 N–H and O–H groups in total. The summed E-state index contributed by atoms with van der Waals surface area (Å²) >= 11 is 0. The molecule has 0 aromatic heterocycles. The first-order chi connectivity index (χ1) is 7.67. The fourth-order valence-corrected chi connectivity index (χ4v) is 0.766. The first-order valence-corrected chi connectivity index (χ1v) is 4.10. The lowest BCUT2D eigenvalue weighted by Gasteiger charge is -2.34. The van der Waals surface area contributed by atoms with Crippen molar-refractivity contribution >= 4 is 5.97 Å². The van der Waals surface area contributed by atoms with Gasteiger partial charge in [0.25, 0.3) is 0 Å². The van der Waals surface area contributed by atoms with E-state index >= 15 is 0 Å². The molecule has 0 aliphatic carbocycles. The summed E-state index contributed by atoms with van der Waals surface area (Å²) in [5.74, 6) is -26.1. The van der Waals surface area contributed by atoms with E-state index in [0.29, 0.717) is 0 Å². The highest BCUT2D eigenvalue weighted by atomic mass is 19.4. The van der Waals surface area contributed by atoms with Crippen molar-refractivity contribution in [2.24, 2.45) is 0 Å². The highest BCUT2D eigenvalue weighted by Gasteiger charge is 2.78. The van der Waals surface area contributed by atoms with Crippen molar-refractivity contribution in [3.05, 3.63) is 12.2 Å². The van der Waals surface area contributed by atoms with E-state index in [1.54, 1.807) is 0 Å². The molecule has 0 aliphatic rings. The van der Waals surface area contributed by atoms with Gasteiger partial charge in [-0.3, -0.25) is 0 Å². The normalized spacial score (nSPS) is 15.2. The first-order valence-electron chi connectivity index (χ1n) is 4.10. The fraction of sp³-hybridized carbons (Fsp3) is 0.625. The van der Waals surface area contributed by atoms with Gasteiger partial charge in [0.1, 0.15) is 0 Å². The lowest BCUT2D eigenvalue weighted by atomic mass is 9.99. The molecule has 0 rings (SSSR count). The Morgan fingerprint density at radius 3 is 1.61 bits per heavy atom. The maximum absolute atomic E-state index is 12.7. The van der Waals surface area contributed by atoms with E-state index in [1.165, 1.54) is 0 Å². The van der Waals surface area contributed by atoms with Crippen molar-refractivity contribution in [3.63, 3.8) is 0 Å². The highest BCUT2D eigenvalue weighted by Crippen LogP contribution is 2.52. The summed E-state index contributed by atoms with van der Waals surface area (Å²) in [6.07, 6.45) is -1.62. The zero-order valence-electron chi connectivity index (χ0n) is 8.53. The third kappa shape index (κ3) is 2.72. The lowest BCUT2D eigenvalue weighted by Crippen LogP contribution is -2.60. The molecule has 0 atom stereocenters. The van der Waals surface area contributed by atoms with E-state index in [-0.39, 0.29) is 0 Å². The smallest absolute Gasteiger partial charge is 0.381 e. The number of rotatable bonds is 5. The van der Waals surface area contributed by atoms with Crippen LogP contribution in [0, 0.1) is 0 Å². The standard InChI is InChI=1S/C8H6F8O2/c1-5(9,10)7(13,14)8(15,16)6(11,12)3-2-4(17)18/h2-3H,1H3,(H,17,18)/b3-2+. The Labute approximate surface area is 94.9 Å². The number of carbonyl (C=O) groups is 1. The molecule has 18 heavy (non-hydrogen) atoms. The van der Waals surface area contributed by atoms with Crippen LogP contribution in [-0.4, -0.2) is 34.8 Å². The van der Waals surface area contributed by atoms with Crippen molar-refractivity contribution in [2.75, 3.05) is 0 Å². The molecular weight excluding hydrogens is 280 g/mol. The number of carboxylic acids is 1. The summed E-state index contributed by atoms with van der Waals surface area (Å²) in [6, 6.07) is 0. The molecule has 0 aliphatic heterocycles. The summed E-state index contributed by atoms with van der Waals surface area (Å²) in [7, 11) is 0. The van der Waals surface area contributed by atoms with Crippen molar-refractivity contribution in [2.45, 2.75) is 30.6 Å².